The molecule has 0 saturated carbocycles. The van der Waals surface area contributed by atoms with Crippen molar-refractivity contribution in [2.75, 3.05) is 6.61 Å². The number of hydrogen-bond acceptors (Lipinski definition) is 5. The molecule has 0 aliphatic rings. The largest absolute Gasteiger partial charge is 0.439 e. The highest BCUT2D eigenvalue weighted by atomic mass is 16.3. The Labute approximate surface area is 109 Å². The zero-order chi connectivity index (χ0) is 13.1. The SMILES string of the molecule is OCCCc1cn(Cc2nc3ccccc3o2)nn1. The first-order valence-electron chi connectivity index (χ1n) is 6.19. The van der Waals surface area contributed by atoms with E-state index in [9.17, 15) is 0 Å². The molecule has 0 radical (unpaired) electrons. The maximum Gasteiger partial charge on any atom is 0.217 e. The van der Waals surface area contributed by atoms with E-state index in [1.807, 2.05) is 30.5 Å². The van der Waals surface area contributed by atoms with Crippen LogP contribution in [0.3, 0.4) is 0 Å². The van der Waals surface area contributed by atoms with Gasteiger partial charge < -0.3 is 9.52 Å². The topological polar surface area (TPSA) is 77.0 Å². The van der Waals surface area contributed by atoms with Crippen LogP contribution < -0.4 is 0 Å². The molecule has 98 valence electrons. The third-order valence-electron chi connectivity index (χ3n) is 2.81. The second-order valence-corrected chi connectivity index (χ2v) is 4.31. The summed E-state index contributed by atoms with van der Waals surface area (Å²) in [6.07, 6.45) is 3.27. The lowest BCUT2D eigenvalue weighted by molar-refractivity contribution is 0.288. The molecule has 0 aliphatic heterocycles. The van der Waals surface area contributed by atoms with Crippen molar-refractivity contribution in [1.82, 2.24) is 20.0 Å². The molecule has 1 aromatic carbocycles. The van der Waals surface area contributed by atoms with Crippen molar-refractivity contribution in [3.05, 3.63) is 42.0 Å². The second-order valence-electron chi connectivity index (χ2n) is 4.31. The molecule has 3 rings (SSSR count). The van der Waals surface area contributed by atoms with Crippen LogP contribution >= 0.6 is 0 Å². The number of benzene rings is 1. The monoisotopic (exact) mass is 258 g/mol. The lowest BCUT2D eigenvalue weighted by atomic mass is 10.3. The highest BCUT2D eigenvalue weighted by Gasteiger charge is 2.07. The van der Waals surface area contributed by atoms with Gasteiger partial charge in [0.15, 0.2) is 5.58 Å². The highest BCUT2D eigenvalue weighted by molar-refractivity contribution is 5.72. The smallest absolute Gasteiger partial charge is 0.217 e. The van der Waals surface area contributed by atoms with E-state index in [-0.39, 0.29) is 6.61 Å². The van der Waals surface area contributed by atoms with Crippen LogP contribution in [0.1, 0.15) is 18.0 Å². The van der Waals surface area contributed by atoms with Crippen LogP contribution in [0.25, 0.3) is 11.1 Å². The average molecular weight is 258 g/mol. The summed E-state index contributed by atoms with van der Waals surface area (Å²) in [7, 11) is 0. The van der Waals surface area contributed by atoms with Crippen LogP contribution in [0.5, 0.6) is 0 Å². The zero-order valence-electron chi connectivity index (χ0n) is 10.4. The Balaban J connectivity index is 1.75. The van der Waals surface area contributed by atoms with E-state index in [1.165, 1.54) is 0 Å². The standard InChI is InChI=1S/C13H14N4O2/c18-7-3-4-10-8-17(16-15-10)9-13-14-11-5-1-2-6-12(11)19-13/h1-2,5-6,8,18H,3-4,7,9H2. The fourth-order valence-electron chi connectivity index (χ4n) is 1.92. The van der Waals surface area contributed by atoms with Crippen molar-refractivity contribution in [2.45, 2.75) is 19.4 Å². The van der Waals surface area contributed by atoms with Crippen LogP contribution in [0.2, 0.25) is 0 Å². The van der Waals surface area contributed by atoms with Crippen LogP contribution in [0.4, 0.5) is 0 Å². The van der Waals surface area contributed by atoms with Gasteiger partial charge in [-0.2, -0.15) is 0 Å². The molecular formula is C13H14N4O2. The van der Waals surface area contributed by atoms with Gasteiger partial charge in [-0.05, 0) is 25.0 Å². The van der Waals surface area contributed by atoms with Crippen molar-refractivity contribution in [3.63, 3.8) is 0 Å². The van der Waals surface area contributed by atoms with Gasteiger partial charge in [-0.3, -0.25) is 0 Å². The number of nitrogens with zero attached hydrogens (tertiary/aromatic N) is 4. The number of aliphatic hydroxyl groups excluding tert-OH is 1. The molecule has 0 spiro atoms. The normalized spacial score (nSPS) is 11.2. The number of aliphatic hydroxyl groups is 1. The third kappa shape index (κ3) is 2.63. The molecule has 3 aromatic rings. The lowest BCUT2D eigenvalue weighted by Crippen LogP contribution is -2.00. The average Bonchev–Trinajstić information content (AvgIpc) is 3.02. The van der Waals surface area contributed by atoms with Gasteiger partial charge in [0.2, 0.25) is 5.89 Å². The summed E-state index contributed by atoms with van der Waals surface area (Å²) < 4.78 is 7.31. The van der Waals surface area contributed by atoms with E-state index in [0.717, 1.165) is 23.2 Å². The summed E-state index contributed by atoms with van der Waals surface area (Å²) in [6.45, 7) is 0.624. The minimum atomic E-state index is 0.165. The Hall–Kier alpha value is -2.21. The van der Waals surface area contributed by atoms with E-state index < -0.39 is 0 Å². The number of aromatic nitrogens is 4. The first kappa shape index (κ1) is 11.9. The zero-order valence-corrected chi connectivity index (χ0v) is 10.4. The molecule has 0 aliphatic carbocycles. The third-order valence-corrected chi connectivity index (χ3v) is 2.81. The molecular weight excluding hydrogens is 244 g/mol. The van der Waals surface area contributed by atoms with Crippen molar-refractivity contribution in [1.29, 1.82) is 0 Å². The molecule has 6 heteroatoms. The van der Waals surface area contributed by atoms with Gasteiger partial charge in [0.05, 0.1) is 5.69 Å². The number of oxazole rings is 1. The van der Waals surface area contributed by atoms with Gasteiger partial charge in [-0.15, -0.1) is 5.10 Å². The second kappa shape index (κ2) is 5.19. The van der Waals surface area contributed by atoms with E-state index in [0.29, 0.717) is 18.9 Å². The minimum absolute atomic E-state index is 0.165. The number of aryl methyl sites for hydroxylation is 1. The molecule has 6 nitrogen and oxygen atoms in total. The molecule has 2 aromatic heterocycles. The number of hydrogen-bond donors (Lipinski definition) is 1. The molecule has 0 fully saturated rings. The summed E-state index contributed by atoms with van der Waals surface area (Å²) in [5.74, 6) is 0.611. The van der Waals surface area contributed by atoms with Gasteiger partial charge in [0.1, 0.15) is 12.1 Å². The molecule has 0 atom stereocenters. The lowest BCUT2D eigenvalue weighted by Gasteiger charge is -1.93. The van der Waals surface area contributed by atoms with Gasteiger partial charge in [-0.1, -0.05) is 17.3 Å². The molecule has 2 heterocycles. The molecule has 19 heavy (non-hydrogen) atoms. The summed E-state index contributed by atoms with van der Waals surface area (Å²) >= 11 is 0. The number of para-hydroxylation sites is 2. The quantitative estimate of drug-likeness (QED) is 0.748. The predicted molar refractivity (Wildman–Crippen MR) is 68.5 cm³/mol. The Bertz CT molecular complexity index is 641. The van der Waals surface area contributed by atoms with Crippen LogP contribution in [-0.2, 0) is 13.0 Å². The fourth-order valence-corrected chi connectivity index (χ4v) is 1.92. The Kier molecular flexibility index (Phi) is 3.24. The molecule has 0 saturated heterocycles. The van der Waals surface area contributed by atoms with Crippen molar-refractivity contribution >= 4 is 11.1 Å². The van der Waals surface area contributed by atoms with Crippen LogP contribution in [0.15, 0.2) is 34.9 Å². The number of fused-ring (bicyclic) bond motifs is 1. The highest BCUT2D eigenvalue weighted by Crippen LogP contribution is 2.15. The maximum atomic E-state index is 8.77. The molecule has 1 N–H and O–H groups in total. The van der Waals surface area contributed by atoms with E-state index in [2.05, 4.69) is 15.3 Å². The molecule has 0 unspecified atom stereocenters. The summed E-state index contributed by atoms with van der Waals surface area (Å²) in [4.78, 5) is 4.38. The fraction of sp³-hybridized carbons (Fsp3) is 0.308. The predicted octanol–water partition coefficient (Wildman–Crippen LogP) is 1.39. The van der Waals surface area contributed by atoms with Gasteiger partial charge >= 0.3 is 0 Å². The van der Waals surface area contributed by atoms with Crippen LogP contribution in [-0.4, -0.2) is 31.7 Å². The molecule has 0 amide bonds. The molecule has 0 bridgehead atoms. The minimum Gasteiger partial charge on any atom is -0.439 e. The Morgan fingerprint density at radius 3 is 3.00 bits per heavy atom. The van der Waals surface area contributed by atoms with Crippen LogP contribution in [0, 0.1) is 0 Å². The summed E-state index contributed by atoms with van der Waals surface area (Å²) in [5, 5.41) is 16.8. The van der Waals surface area contributed by atoms with Gasteiger partial charge in [0, 0.05) is 12.8 Å². The van der Waals surface area contributed by atoms with Gasteiger partial charge in [-0.25, -0.2) is 9.67 Å². The Morgan fingerprint density at radius 1 is 1.26 bits per heavy atom. The number of rotatable bonds is 5. The summed E-state index contributed by atoms with van der Waals surface area (Å²) in [5.41, 5.74) is 2.49. The Morgan fingerprint density at radius 2 is 2.16 bits per heavy atom. The maximum absolute atomic E-state index is 8.77. The van der Waals surface area contributed by atoms with Gasteiger partial charge in [0.25, 0.3) is 0 Å². The first-order valence-corrected chi connectivity index (χ1v) is 6.19. The summed E-state index contributed by atoms with van der Waals surface area (Å²) in [6, 6.07) is 7.65. The first-order chi connectivity index (χ1) is 9.35. The van der Waals surface area contributed by atoms with E-state index in [4.69, 9.17) is 9.52 Å². The van der Waals surface area contributed by atoms with Crippen molar-refractivity contribution < 1.29 is 9.52 Å². The van der Waals surface area contributed by atoms with E-state index in [1.54, 1.807) is 4.68 Å². The van der Waals surface area contributed by atoms with Crippen molar-refractivity contribution in [3.8, 4) is 0 Å². The van der Waals surface area contributed by atoms with Crippen molar-refractivity contribution in [2.24, 2.45) is 0 Å². The van der Waals surface area contributed by atoms with E-state index >= 15 is 0 Å².